The van der Waals surface area contributed by atoms with Crippen molar-refractivity contribution in [2.75, 3.05) is 19.0 Å². The summed E-state index contributed by atoms with van der Waals surface area (Å²) in [5.41, 5.74) is 0.238. The summed E-state index contributed by atoms with van der Waals surface area (Å²) in [6, 6.07) is 11.5. The topological polar surface area (TPSA) is 116 Å². The lowest BCUT2D eigenvalue weighted by Crippen LogP contribution is -2.23. The highest BCUT2D eigenvalue weighted by Crippen LogP contribution is 2.54. The number of benzene rings is 1. The van der Waals surface area contributed by atoms with Crippen LogP contribution in [-0.2, 0) is 9.09 Å². The molecule has 1 unspecified atom stereocenters. The van der Waals surface area contributed by atoms with E-state index in [2.05, 4.69) is 10.3 Å². The van der Waals surface area contributed by atoms with E-state index >= 15 is 0 Å². The van der Waals surface area contributed by atoms with Crippen LogP contribution in [0, 0.1) is 0 Å². The maximum atomic E-state index is 12.3. The lowest BCUT2D eigenvalue weighted by atomic mass is 10.2. The molecule has 1 heterocycles. The number of para-hydroxylation sites is 1. The Morgan fingerprint density at radius 1 is 1.26 bits per heavy atom. The number of phenolic OH excluding ortho intramolecular Hbond substituents is 1. The minimum Gasteiger partial charge on any atom is -0.775 e. The zero-order valence-electron chi connectivity index (χ0n) is 13.0. The van der Waals surface area contributed by atoms with Crippen molar-refractivity contribution in [3.05, 3.63) is 54.2 Å². The molecule has 2 atom stereocenters. The van der Waals surface area contributed by atoms with Crippen LogP contribution in [0.5, 0.6) is 5.75 Å². The molecule has 7 nitrogen and oxygen atoms in total. The maximum Gasteiger partial charge on any atom is 0.273 e. The molecular weight excluding hydrogens is 319 g/mol. The second-order valence-corrected chi connectivity index (χ2v) is 6.19. The number of hydrogen-bond donors (Lipinski definition) is 3. The van der Waals surface area contributed by atoms with Gasteiger partial charge in [0, 0.05) is 18.7 Å². The van der Waals surface area contributed by atoms with Gasteiger partial charge < -0.3 is 24.2 Å². The normalized spacial score (nSPS) is 14.1. The fourth-order valence-electron chi connectivity index (χ4n) is 1.93. The summed E-state index contributed by atoms with van der Waals surface area (Å²) in [5.74, 6) is -0.791. The third-order valence-electron chi connectivity index (χ3n) is 2.86. The van der Waals surface area contributed by atoms with Gasteiger partial charge in [-0.15, -0.1) is 0 Å². The maximum absolute atomic E-state index is 12.3. The monoisotopic (exact) mass is 340 g/mol. The fourth-order valence-corrected chi connectivity index (χ4v) is 3.30. The first-order valence-corrected chi connectivity index (χ1v) is 8.57. The molecule has 0 saturated carbocycles. The van der Waals surface area contributed by atoms with E-state index in [-0.39, 0.29) is 17.9 Å². The largest absolute Gasteiger partial charge is 0.775 e. The second-order valence-electron chi connectivity index (χ2n) is 4.34. The van der Waals surface area contributed by atoms with Crippen LogP contribution in [0.3, 0.4) is 0 Å². The zero-order chi connectivity index (χ0) is 17.3. The molecule has 0 saturated heterocycles. The van der Waals surface area contributed by atoms with Gasteiger partial charge >= 0.3 is 0 Å². The van der Waals surface area contributed by atoms with Crippen LogP contribution in [0.4, 0.5) is 5.82 Å². The van der Waals surface area contributed by atoms with Crippen molar-refractivity contribution in [1.29, 1.82) is 0 Å². The number of hydrogen-bond acceptors (Lipinski definition) is 6. The van der Waals surface area contributed by atoms with Crippen molar-refractivity contribution in [2.24, 2.45) is 0 Å². The number of H-pyrrole nitrogens is 1. The van der Waals surface area contributed by atoms with Gasteiger partial charge in [0.1, 0.15) is 5.75 Å². The summed E-state index contributed by atoms with van der Waals surface area (Å²) in [4.78, 5) is 15.2. The molecule has 126 valence electrons. The first-order valence-electron chi connectivity index (χ1n) is 6.95. The van der Waals surface area contributed by atoms with E-state index in [1.165, 1.54) is 6.07 Å². The summed E-state index contributed by atoms with van der Waals surface area (Å²) in [7, 11) is -3.26. The van der Waals surface area contributed by atoms with Crippen molar-refractivity contribution >= 4 is 13.4 Å². The summed E-state index contributed by atoms with van der Waals surface area (Å²) >= 11 is 0. The van der Waals surface area contributed by atoms with Gasteiger partial charge in [-0.2, -0.15) is 0 Å². The molecule has 4 N–H and O–H groups in total. The number of pyridine rings is 1. The molecular formula is C15H21N2O5P. The molecule has 2 aromatic rings. The number of aromatic hydroxyl groups is 1. The van der Waals surface area contributed by atoms with Gasteiger partial charge in [-0.3, -0.25) is 5.32 Å². The van der Waals surface area contributed by atoms with Gasteiger partial charge in [0.05, 0.1) is 12.8 Å². The van der Waals surface area contributed by atoms with Crippen LogP contribution in [-0.4, -0.2) is 23.9 Å². The third-order valence-corrected chi connectivity index (χ3v) is 4.52. The van der Waals surface area contributed by atoms with Crippen molar-refractivity contribution < 1.29 is 29.2 Å². The lowest BCUT2D eigenvalue weighted by Gasteiger charge is -2.29. The number of phenols is 1. The predicted octanol–water partition coefficient (Wildman–Crippen LogP) is 1.52. The van der Waals surface area contributed by atoms with Gasteiger partial charge in [0.2, 0.25) is 0 Å². The smallest absolute Gasteiger partial charge is 0.273 e. The predicted molar refractivity (Wildman–Crippen MR) is 84.8 cm³/mol. The Morgan fingerprint density at radius 3 is 2.48 bits per heavy atom. The molecule has 1 aromatic heterocycles. The van der Waals surface area contributed by atoms with Gasteiger partial charge in [-0.05, 0) is 19.1 Å². The van der Waals surface area contributed by atoms with Crippen LogP contribution in [0.25, 0.3) is 0 Å². The van der Waals surface area contributed by atoms with Crippen LogP contribution in [0.1, 0.15) is 18.3 Å². The highest BCUT2D eigenvalue weighted by Gasteiger charge is 2.31. The number of anilines is 1. The number of nitrogens with one attached hydrogen (secondary N) is 2. The first kappa shape index (κ1) is 19.1. The Labute approximate surface area is 135 Å². The average molecular weight is 340 g/mol. The van der Waals surface area contributed by atoms with Crippen molar-refractivity contribution in [3.8, 4) is 5.75 Å². The molecule has 0 aliphatic carbocycles. The van der Waals surface area contributed by atoms with Crippen LogP contribution < -0.4 is 15.2 Å². The van der Waals surface area contributed by atoms with Crippen molar-refractivity contribution in [1.82, 2.24) is 0 Å². The van der Waals surface area contributed by atoms with Crippen LogP contribution >= 0.6 is 7.60 Å². The quantitative estimate of drug-likeness (QED) is 0.687. The second kappa shape index (κ2) is 9.27. The average Bonchev–Trinajstić information content (AvgIpc) is 2.56. The molecule has 2 rings (SSSR count). The minimum atomic E-state index is -4.26. The number of aromatic nitrogens is 1. The van der Waals surface area contributed by atoms with Crippen molar-refractivity contribution in [2.45, 2.75) is 12.7 Å². The SMILES string of the molecule is CCOP(=O)([O-])[C@H](Nc1cccc[nH+]1)c1ccccc1O.CO. The molecule has 0 bridgehead atoms. The lowest BCUT2D eigenvalue weighted by molar-refractivity contribution is -0.361. The van der Waals surface area contributed by atoms with E-state index in [1.54, 1.807) is 49.5 Å². The van der Waals surface area contributed by atoms with E-state index in [0.29, 0.717) is 5.82 Å². The van der Waals surface area contributed by atoms with E-state index in [9.17, 15) is 14.6 Å². The van der Waals surface area contributed by atoms with Gasteiger partial charge in [-0.25, -0.2) is 4.98 Å². The van der Waals surface area contributed by atoms with Gasteiger partial charge in [0.15, 0.2) is 13.4 Å². The Balaban J connectivity index is 0.00000127. The molecule has 0 aliphatic heterocycles. The van der Waals surface area contributed by atoms with Crippen molar-refractivity contribution in [3.63, 3.8) is 0 Å². The van der Waals surface area contributed by atoms with E-state index in [1.807, 2.05) is 0 Å². The fraction of sp³-hybridized carbons (Fsp3) is 0.267. The van der Waals surface area contributed by atoms with E-state index in [0.717, 1.165) is 7.11 Å². The first-order chi connectivity index (χ1) is 11.0. The highest BCUT2D eigenvalue weighted by atomic mass is 31.2. The standard InChI is InChI=1S/C14H17N2O4P.CH4O/c1-2-20-21(18,19)14(11-7-3-4-8-12(11)17)16-13-9-5-6-10-15-13;1-2/h3-10,14,17H,2H2,1H3,(H,15,16)(H,18,19);2H,1H3/t14-;/m0./s1. The summed E-state index contributed by atoms with van der Waals surface area (Å²) in [6.07, 6.45) is 1.67. The summed E-state index contributed by atoms with van der Waals surface area (Å²) < 4.78 is 17.2. The molecule has 0 radical (unpaired) electrons. The number of aromatic amines is 1. The van der Waals surface area contributed by atoms with Gasteiger partial charge in [0.25, 0.3) is 5.82 Å². The minimum absolute atomic E-state index is 0.0328. The Kier molecular flexibility index (Phi) is 7.71. The highest BCUT2D eigenvalue weighted by molar-refractivity contribution is 7.51. The molecule has 1 aromatic carbocycles. The molecule has 0 aliphatic rings. The molecule has 0 amide bonds. The third kappa shape index (κ3) is 5.33. The Bertz CT molecular complexity index is 639. The Morgan fingerprint density at radius 2 is 1.91 bits per heavy atom. The summed E-state index contributed by atoms with van der Waals surface area (Å²) in [5, 5.41) is 19.8. The van der Waals surface area contributed by atoms with Crippen LogP contribution in [0.2, 0.25) is 0 Å². The molecule has 23 heavy (non-hydrogen) atoms. The number of rotatable bonds is 6. The van der Waals surface area contributed by atoms with Crippen LogP contribution in [0.15, 0.2) is 48.7 Å². The van der Waals surface area contributed by atoms with E-state index < -0.39 is 13.4 Å². The molecule has 8 heteroatoms. The van der Waals surface area contributed by atoms with E-state index in [4.69, 9.17) is 9.63 Å². The van der Waals surface area contributed by atoms with Gasteiger partial charge in [-0.1, -0.05) is 24.3 Å². The summed E-state index contributed by atoms with van der Waals surface area (Å²) in [6.45, 7) is 1.63. The molecule has 0 fully saturated rings. The zero-order valence-corrected chi connectivity index (χ0v) is 13.9. The number of aliphatic hydroxyl groups is 1. The number of aliphatic hydroxyl groups excluding tert-OH is 1. The molecule has 0 spiro atoms. The Hall–Kier alpha value is -1.92.